The van der Waals surface area contributed by atoms with E-state index in [0.29, 0.717) is 43.9 Å². The Labute approximate surface area is 203 Å². The lowest BCUT2D eigenvalue weighted by atomic mass is 10.1. The Bertz CT molecular complexity index is 1140. The summed E-state index contributed by atoms with van der Waals surface area (Å²) in [7, 11) is 0. The van der Waals surface area contributed by atoms with Crippen molar-refractivity contribution in [3.8, 4) is 0 Å². The summed E-state index contributed by atoms with van der Waals surface area (Å²) in [6.45, 7) is 1.71. The Kier molecular flexibility index (Phi) is 7.74. The summed E-state index contributed by atoms with van der Waals surface area (Å²) in [5.41, 5.74) is 2.26. The van der Waals surface area contributed by atoms with Crippen molar-refractivity contribution in [2.24, 2.45) is 0 Å². The minimum absolute atomic E-state index is 0.0439. The van der Waals surface area contributed by atoms with Gasteiger partial charge in [-0.15, -0.1) is 0 Å². The van der Waals surface area contributed by atoms with E-state index in [-0.39, 0.29) is 17.8 Å². The average molecular weight is 480 g/mol. The Hall–Kier alpha value is -3.46. The zero-order chi connectivity index (χ0) is 23.9. The summed E-state index contributed by atoms with van der Waals surface area (Å²) in [5, 5.41) is 6.66. The average Bonchev–Trinajstić information content (AvgIpc) is 3.31. The van der Waals surface area contributed by atoms with E-state index in [1.54, 1.807) is 27.8 Å². The van der Waals surface area contributed by atoms with Gasteiger partial charge in [-0.2, -0.15) is 11.8 Å². The number of nitrogens with zero attached hydrogens (tertiary/aromatic N) is 2. The minimum atomic E-state index is -0.633. The first-order chi connectivity index (χ1) is 16.6. The highest BCUT2D eigenvalue weighted by Gasteiger charge is 2.28. The monoisotopic (exact) mass is 479 g/mol. The normalized spacial score (nSPS) is 14.6. The molecule has 1 atom stereocenters. The molecule has 4 amide bonds. The quantitative estimate of drug-likeness (QED) is 0.484. The molecule has 1 aliphatic rings. The standard InChI is InChI=1S/C25H29N5O3S/c1-34-16-11-22(23(31)27-18-7-3-2-4-8-18)28-25(33)30-14-12-29(13-15-30)24(32)20-17-26-21-10-6-5-9-19(20)21/h2-10,17,22,26H,11-16H2,1H3,(H,27,31)(H,28,33)/t22-/m1/s1. The summed E-state index contributed by atoms with van der Waals surface area (Å²) in [6, 6.07) is 16.0. The van der Waals surface area contributed by atoms with Crippen LogP contribution < -0.4 is 10.6 Å². The highest BCUT2D eigenvalue weighted by molar-refractivity contribution is 7.98. The van der Waals surface area contributed by atoms with Gasteiger partial charge in [0.15, 0.2) is 0 Å². The molecule has 1 aliphatic heterocycles. The number of piperazine rings is 1. The van der Waals surface area contributed by atoms with Gasteiger partial charge in [0.25, 0.3) is 5.91 Å². The van der Waals surface area contributed by atoms with Gasteiger partial charge in [0.05, 0.1) is 5.56 Å². The van der Waals surface area contributed by atoms with E-state index in [9.17, 15) is 14.4 Å². The molecule has 0 spiro atoms. The zero-order valence-electron chi connectivity index (χ0n) is 19.1. The number of para-hydroxylation sites is 2. The topological polar surface area (TPSA) is 97.5 Å². The second-order valence-corrected chi connectivity index (χ2v) is 9.15. The molecule has 0 aliphatic carbocycles. The van der Waals surface area contributed by atoms with Gasteiger partial charge in [0.2, 0.25) is 5.91 Å². The van der Waals surface area contributed by atoms with Gasteiger partial charge in [-0.1, -0.05) is 36.4 Å². The number of nitrogens with one attached hydrogen (secondary N) is 3. The van der Waals surface area contributed by atoms with Gasteiger partial charge in [-0.3, -0.25) is 9.59 Å². The molecule has 0 radical (unpaired) electrons. The molecule has 3 aromatic rings. The summed E-state index contributed by atoms with van der Waals surface area (Å²) < 4.78 is 0. The molecular formula is C25H29N5O3S. The number of fused-ring (bicyclic) bond motifs is 1. The highest BCUT2D eigenvalue weighted by Crippen LogP contribution is 2.20. The van der Waals surface area contributed by atoms with Crippen molar-refractivity contribution in [1.29, 1.82) is 0 Å². The highest BCUT2D eigenvalue weighted by atomic mass is 32.2. The molecule has 1 aromatic heterocycles. The molecule has 178 valence electrons. The Morgan fingerprint density at radius 2 is 1.65 bits per heavy atom. The van der Waals surface area contributed by atoms with Gasteiger partial charge in [-0.05, 0) is 36.6 Å². The fourth-order valence-corrected chi connectivity index (χ4v) is 4.50. The number of anilines is 1. The number of urea groups is 1. The maximum atomic E-state index is 13.0. The lowest BCUT2D eigenvalue weighted by Gasteiger charge is -2.35. The number of benzene rings is 2. The molecule has 1 fully saturated rings. The van der Waals surface area contributed by atoms with Crippen LogP contribution in [0.4, 0.5) is 10.5 Å². The van der Waals surface area contributed by atoms with Gasteiger partial charge < -0.3 is 25.4 Å². The SMILES string of the molecule is CSCC[C@@H](NC(=O)N1CCN(C(=O)c2c[nH]c3ccccc23)CC1)C(=O)Nc1ccccc1. The molecule has 8 nitrogen and oxygen atoms in total. The Morgan fingerprint density at radius 3 is 2.38 bits per heavy atom. The molecule has 3 N–H and O–H groups in total. The van der Waals surface area contributed by atoms with Crippen LogP contribution in [0.1, 0.15) is 16.8 Å². The van der Waals surface area contributed by atoms with Crippen molar-refractivity contribution in [1.82, 2.24) is 20.1 Å². The van der Waals surface area contributed by atoms with Crippen molar-refractivity contribution in [3.63, 3.8) is 0 Å². The molecule has 0 bridgehead atoms. The third-order valence-corrected chi connectivity index (χ3v) is 6.58. The first-order valence-corrected chi connectivity index (χ1v) is 12.7. The molecule has 34 heavy (non-hydrogen) atoms. The fourth-order valence-electron chi connectivity index (χ4n) is 4.03. The van der Waals surface area contributed by atoms with Crippen molar-refractivity contribution in [3.05, 3.63) is 66.4 Å². The maximum Gasteiger partial charge on any atom is 0.318 e. The van der Waals surface area contributed by atoms with E-state index in [4.69, 9.17) is 0 Å². The molecule has 0 saturated carbocycles. The fraction of sp³-hybridized carbons (Fsp3) is 0.320. The lowest BCUT2D eigenvalue weighted by Crippen LogP contribution is -2.56. The summed E-state index contributed by atoms with van der Waals surface area (Å²) >= 11 is 1.63. The van der Waals surface area contributed by atoms with Crippen LogP contribution in [0.25, 0.3) is 10.9 Å². The van der Waals surface area contributed by atoms with Gasteiger partial charge in [-0.25, -0.2) is 4.79 Å². The lowest BCUT2D eigenvalue weighted by molar-refractivity contribution is -0.118. The summed E-state index contributed by atoms with van der Waals surface area (Å²) in [5.74, 6) is 0.472. The molecule has 0 unspecified atom stereocenters. The smallest absolute Gasteiger partial charge is 0.318 e. The van der Waals surface area contributed by atoms with Gasteiger partial charge in [0, 0.05) is 49.0 Å². The van der Waals surface area contributed by atoms with Gasteiger partial charge in [0.1, 0.15) is 6.04 Å². The van der Waals surface area contributed by atoms with Crippen LogP contribution in [0.15, 0.2) is 60.8 Å². The van der Waals surface area contributed by atoms with Crippen LogP contribution in [0.5, 0.6) is 0 Å². The molecule has 1 saturated heterocycles. The third kappa shape index (κ3) is 5.53. The predicted molar refractivity (Wildman–Crippen MR) is 136 cm³/mol. The van der Waals surface area contributed by atoms with E-state index in [1.807, 2.05) is 60.9 Å². The van der Waals surface area contributed by atoms with Crippen LogP contribution in [0.3, 0.4) is 0 Å². The molecule has 9 heteroatoms. The number of hydrogen-bond acceptors (Lipinski definition) is 4. The van der Waals surface area contributed by atoms with Crippen molar-refractivity contribution < 1.29 is 14.4 Å². The number of hydrogen-bond donors (Lipinski definition) is 3. The van der Waals surface area contributed by atoms with E-state index in [0.717, 1.165) is 16.7 Å². The van der Waals surface area contributed by atoms with Gasteiger partial charge >= 0.3 is 6.03 Å². The minimum Gasteiger partial charge on any atom is -0.360 e. The van der Waals surface area contributed by atoms with E-state index in [2.05, 4.69) is 15.6 Å². The van der Waals surface area contributed by atoms with Crippen LogP contribution in [-0.4, -0.2) is 76.9 Å². The number of carbonyl (C=O) groups excluding carboxylic acids is 3. The summed E-state index contributed by atoms with van der Waals surface area (Å²) in [6.07, 6.45) is 4.25. The first kappa shape index (κ1) is 23.7. The van der Waals surface area contributed by atoms with Crippen molar-refractivity contribution in [2.75, 3.05) is 43.5 Å². The van der Waals surface area contributed by atoms with Crippen LogP contribution >= 0.6 is 11.8 Å². The van der Waals surface area contributed by atoms with E-state index < -0.39 is 6.04 Å². The zero-order valence-corrected chi connectivity index (χ0v) is 19.9. The predicted octanol–water partition coefficient (Wildman–Crippen LogP) is 3.40. The molecule has 2 heterocycles. The number of aromatic nitrogens is 1. The van der Waals surface area contributed by atoms with E-state index >= 15 is 0 Å². The number of aromatic amines is 1. The van der Waals surface area contributed by atoms with E-state index in [1.165, 1.54) is 0 Å². The molecule has 4 rings (SSSR count). The second kappa shape index (κ2) is 11.1. The Balaban J connectivity index is 1.33. The molecular weight excluding hydrogens is 450 g/mol. The van der Waals surface area contributed by atoms with Crippen molar-refractivity contribution >= 4 is 46.2 Å². The largest absolute Gasteiger partial charge is 0.360 e. The second-order valence-electron chi connectivity index (χ2n) is 8.17. The number of H-pyrrole nitrogens is 1. The maximum absolute atomic E-state index is 13.0. The van der Waals surface area contributed by atoms with Crippen molar-refractivity contribution in [2.45, 2.75) is 12.5 Å². The first-order valence-electron chi connectivity index (χ1n) is 11.3. The van der Waals surface area contributed by atoms with Crippen LogP contribution in [-0.2, 0) is 4.79 Å². The Morgan fingerprint density at radius 1 is 0.971 bits per heavy atom. The van der Waals surface area contributed by atoms with Crippen LogP contribution in [0, 0.1) is 0 Å². The van der Waals surface area contributed by atoms with Crippen LogP contribution in [0.2, 0.25) is 0 Å². The number of carbonyl (C=O) groups is 3. The number of thioether (sulfide) groups is 1. The third-order valence-electron chi connectivity index (χ3n) is 5.94. The number of amides is 4. The summed E-state index contributed by atoms with van der Waals surface area (Å²) in [4.78, 5) is 45.4. The molecule has 2 aromatic carbocycles. The number of rotatable bonds is 7.